The molecule has 5 rings (SSSR count). The molecule has 1 nitrogen and oxygen atoms in total. The summed E-state index contributed by atoms with van der Waals surface area (Å²) in [6.07, 6.45) is 7.18. The Labute approximate surface area is 138 Å². The second kappa shape index (κ2) is 5.73. The molecule has 0 aliphatic heterocycles. The summed E-state index contributed by atoms with van der Waals surface area (Å²) < 4.78 is 2.50. The predicted molar refractivity (Wildman–Crippen MR) is 98.3 cm³/mol. The van der Waals surface area contributed by atoms with Crippen molar-refractivity contribution in [1.82, 2.24) is 4.57 Å². The minimum absolute atomic E-state index is 0.714. The predicted octanol–water partition coefficient (Wildman–Crippen LogP) is 5.87. The Kier molecular flexibility index (Phi) is 3.57. The molecule has 1 saturated carbocycles. The lowest BCUT2D eigenvalue weighted by atomic mass is 10.1. The number of fused-ring (bicyclic) bond motifs is 5. The highest BCUT2D eigenvalue weighted by molar-refractivity contribution is 5.88. The van der Waals surface area contributed by atoms with Gasteiger partial charge < -0.3 is 4.57 Å². The van der Waals surface area contributed by atoms with Crippen LogP contribution in [0.15, 0.2) is 66.7 Å². The van der Waals surface area contributed by atoms with Crippen LogP contribution in [0.5, 0.6) is 0 Å². The van der Waals surface area contributed by atoms with Crippen molar-refractivity contribution in [3.63, 3.8) is 0 Å². The van der Waals surface area contributed by atoms with E-state index in [1.807, 2.05) is 13.8 Å². The lowest BCUT2D eigenvalue weighted by molar-refractivity contribution is 0.902. The van der Waals surface area contributed by atoms with Gasteiger partial charge in [0, 0.05) is 22.7 Å². The van der Waals surface area contributed by atoms with Gasteiger partial charge in [0.15, 0.2) is 0 Å². The van der Waals surface area contributed by atoms with Crippen LogP contribution >= 0.6 is 0 Å². The Morgan fingerprint density at radius 1 is 0.913 bits per heavy atom. The number of hydrogen-bond donors (Lipinski definition) is 0. The normalized spacial score (nSPS) is 21.0. The van der Waals surface area contributed by atoms with Crippen molar-refractivity contribution in [2.75, 3.05) is 0 Å². The molecule has 0 saturated heterocycles. The lowest BCUT2D eigenvalue weighted by Gasteiger charge is -2.11. The number of para-hydroxylation sites is 2. The van der Waals surface area contributed by atoms with Crippen molar-refractivity contribution in [2.45, 2.75) is 32.6 Å². The average Bonchev–Trinajstić information content (AvgIpc) is 3.34. The zero-order valence-corrected chi connectivity index (χ0v) is 13.9. The summed E-state index contributed by atoms with van der Waals surface area (Å²) in [4.78, 5) is 0. The van der Waals surface area contributed by atoms with Gasteiger partial charge in [-0.3, -0.25) is 0 Å². The van der Waals surface area contributed by atoms with E-state index in [2.05, 4.69) is 71.3 Å². The van der Waals surface area contributed by atoms with E-state index in [0.29, 0.717) is 5.92 Å². The number of rotatable bonds is 1. The van der Waals surface area contributed by atoms with E-state index < -0.39 is 0 Å². The quantitative estimate of drug-likeness (QED) is 0.495. The van der Waals surface area contributed by atoms with E-state index >= 15 is 0 Å². The molecule has 3 aromatic rings. The molecule has 0 bridgehead atoms. The number of nitrogens with zero attached hydrogens (tertiary/aromatic N) is 1. The van der Waals surface area contributed by atoms with Gasteiger partial charge in [0.25, 0.3) is 0 Å². The van der Waals surface area contributed by atoms with Crippen LogP contribution < -0.4 is 0 Å². The molecule has 2 unspecified atom stereocenters. The third-order valence-electron chi connectivity index (χ3n) is 4.93. The minimum atomic E-state index is 0.714. The maximum absolute atomic E-state index is 2.50. The van der Waals surface area contributed by atoms with Crippen molar-refractivity contribution in [1.29, 1.82) is 0 Å². The SMILES string of the molecule is C1=CC2CC2c2c(c3ccccc3n2-c2ccccc2)C1.CC. The molecule has 2 aliphatic rings. The maximum atomic E-state index is 2.50. The molecule has 0 N–H and O–H groups in total. The van der Waals surface area contributed by atoms with E-state index in [9.17, 15) is 0 Å². The zero-order valence-electron chi connectivity index (χ0n) is 13.9. The van der Waals surface area contributed by atoms with Crippen molar-refractivity contribution in [2.24, 2.45) is 5.92 Å². The summed E-state index contributed by atoms with van der Waals surface area (Å²) in [5.74, 6) is 1.48. The molecule has 2 atom stereocenters. The largest absolute Gasteiger partial charge is 0.313 e. The van der Waals surface area contributed by atoms with Gasteiger partial charge in [0.2, 0.25) is 0 Å². The Hall–Kier alpha value is -2.28. The first-order valence-electron chi connectivity index (χ1n) is 8.78. The summed E-state index contributed by atoms with van der Waals surface area (Å²) in [5, 5.41) is 1.42. The van der Waals surface area contributed by atoms with E-state index in [4.69, 9.17) is 0 Å². The van der Waals surface area contributed by atoms with Gasteiger partial charge in [0.05, 0.1) is 5.52 Å². The van der Waals surface area contributed by atoms with Crippen LogP contribution in [0.3, 0.4) is 0 Å². The number of hydrogen-bond acceptors (Lipinski definition) is 0. The fraction of sp³-hybridized carbons (Fsp3) is 0.273. The average molecular weight is 301 g/mol. The summed E-state index contributed by atoms with van der Waals surface area (Å²) >= 11 is 0. The van der Waals surface area contributed by atoms with E-state index in [1.165, 1.54) is 28.6 Å². The Morgan fingerprint density at radius 2 is 1.65 bits per heavy atom. The minimum Gasteiger partial charge on any atom is -0.313 e. The van der Waals surface area contributed by atoms with E-state index in [0.717, 1.165) is 12.3 Å². The highest BCUT2D eigenvalue weighted by Crippen LogP contribution is 2.53. The summed E-state index contributed by atoms with van der Waals surface area (Å²) in [5.41, 5.74) is 5.74. The van der Waals surface area contributed by atoms with Gasteiger partial charge in [-0.25, -0.2) is 0 Å². The first-order valence-corrected chi connectivity index (χ1v) is 8.78. The van der Waals surface area contributed by atoms with Gasteiger partial charge >= 0.3 is 0 Å². The highest BCUT2D eigenvalue weighted by atomic mass is 15.0. The number of aromatic nitrogens is 1. The van der Waals surface area contributed by atoms with Crippen molar-refractivity contribution in [3.8, 4) is 5.69 Å². The van der Waals surface area contributed by atoms with Crippen LogP contribution in [0.2, 0.25) is 0 Å². The molecule has 116 valence electrons. The van der Waals surface area contributed by atoms with Crippen LogP contribution in [-0.4, -0.2) is 4.57 Å². The molecule has 1 heteroatoms. The third-order valence-corrected chi connectivity index (χ3v) is 4.93. The Balaban J connectivity index is 0.000000652. The molecule has 1 aromatic heterocycles. The van der Waals surface area contributed by atoms with Crippen LogP contribution in [-0.2, 0) is 6.42 Å². The standard InChI is InChI=1S/C20H17N.C2H6/c1-2-8-15(9-3-1)21-19-12-5-4-10-16(19)17-11-6-7-14-13-18(14)20(17)21;1-2/h1-10,12,14,18H,11,13H2;1-2H3. The molecule has 23 heavy (non-hydrogen) atoms. The molecule has 0 spiro atoms. The first-order chi connectivity index (χ1) is 11.4. The van der Waals surface area contributed by atoms with Crippen LogP contribution in [0.1, 0.15) is 37.4 Å². The van der Waals surface area contributed by atoms with Gasteiger partial charge in [-0.1, -0.05) is 62.4 Å². The fourth-order valence-corrected chi connectivity index (χ4v) is 3.89. The first kappa shape index (κ1) is 14.3. The molecular formula is C22H23N. The van der Waals surface area contributed by atoms with Gasteiger partial charge in [-0.2, -0.15) is 0 Å². The summed E-state index contributed by atoms with van der Waals surface area (Å²) in [6.45, 7) is 4.00. The summed E-state index contributed by atoms with van der Waals surface area (Å²) in [7, 11) is 0. The molecule has 2 aliphatic carbocycles. The topological polar surface area (TPSA) is 4.93 Å². The molecule has 0 amide bonds. The monoisotopic (exact) mass is 301 g/mol. The van der Waals surface area contributed by atoms with Gasteiger partial charge in [-0.15, -0.1) is 0 Å². The fourth-order valence-electron chi connectivity index (χ4n) is 3.89. The second-order valence-electron chi connectivity index (χ2n) is 6.19. The number of allylic oxidation sites excluding steroid dienone is 2. The van der Waals surface area contributed by atoms with Crippen LogP contribution in [0, 0.1) is 5.92 Å². The Morgan fingerprint density at radius 3 is 2.48 bits per heavy atom. The van der Waals surface area contributed by atoms with Crippen LogP contribution in [0.25, 0.3) is 16.6 Å². The smallest absolute Gasteiger partial charge is 0.0534 e. The molecule has 1 fully saturated rings. The maximum Gasteiger partial charge on any atom is 0.0534 e. The van der Waals surface area contributed by atoms with E-state index in [1.54, 1.807) is 5.69 Å². The Bertz CT molecular complexity index is 854. The van der Waals surface area contributed by atoms with Crippen molar-refractivity contribution >= 4 is 10.9 Å². The van der Waals surface area contributed by atoms with Gasteiger partial charge in [0.1, 0.15) is 0 Å². The number of benzene rings is 2. The lowest BCUT2D eigenvalue weighted by Crippen LogP contribution is -2.00. The van der Waals surface area contributed by atoms with Crippen LogP contribution in [0.4, 0.5) is 0 Å². The molecular weight excluding hydrogens is 278 g/mol. The highest BCUT2D eigenvalue weighted by Gasteiger charge is 2.41. The second-order valence-corrected chi connectivity index (χ2v) is 6.19. The van der Waals surface area contributed by atoms with E-state index in [-0.39, 0.29) is 0 Å². The molecule has 1 heterocycles. The van der Waals surface area contributed by atoms with Crippen molar-refractivity contribution in [3.05, 3.63) is 78.0 Å². The molecule has 2 aromatic carbocycles. The van der Waals surface area contributed by atoms with Gasteiger partial charge in [-0.05, 0) is 42.5 Å². The third kappa shape index (κ3) is 2.23. The molecule has 0 radical (unpaired) electrons. The zero-order chi connectivity index (χ0) is 15.8. The summed E-state index contributed by atoms with van der Waals surface area (Å²) in [6, 6.07) is 19.7. The van der Waals surface area contributed by atoms with Crippen molar-refractivity contribution < 1.29 is 0 Å².